The minimum absolute atomic E-state index is 0.143. The lowest BCUT2D eigenvalue weighted by atomic mass is 9.71. The third kappa shape index (κ3) is 6.37. The van der Waals surface area contributed by atoms with Crippen molar-refractivity contribution in [3.8, 4) is 0 Å². The van der Waals surface area contributed by atoms with Gasteiger partial charge in [-0.2, -0.15) is 0 Å². The third-order valence-corrected chi connectivity index (χ3v) is 7.60. The van der Waals surface area contributed by atoms with Gasteiger partial charge in [-0.25, -0.2) is 13.2 Å². The fourth-order valence-corrected chi connectivity index (χ4v) is 5.65. The Bertz CT molecular complexity index is 785. The van der Waals surface area contributed by atoms with Crippen LogP contribution in [0.5, 0.6) is 0 Å². The molecule has 1 fully saturated rings. The van der Waals surface area contributed by atoms with Crippen molar-refractivity contribution in [1.82, 2.24) is 0 Å². The maximum Gasteiger partial charge on any atom is 0.194 e. The van der Waals surface area contributed by atoms with Crippen molar-refractivity contribution < 1.29 is 13.2 Å². The van der Waals surface area contributed by atoms with E-state index in [-0.39, 0.29) is 5.92 Å². The van der Waals surface area contributed by atoms with Crippen LogP contribution in [0.1, 0.15) is 95.1 Å². The van der Waals surface area contributed by atoms with Gasteiger partial charge in [0.15, 0.2) is 17.5 Å². The van der Waals surface area contributed by atoms with Crippen molar-refractivity contribution in [2.75, 3.05) is 0 Å². The smallest absolute Gasteiger partial charge is 0.194 e. The highest BCUT2D eigenvalue weighted by atomic mass is 19.2. The molecule has 2 aromatic rings. The molecule has 2 unspecified atom stereocenters. The van der Waals surface area contributed by atoms with Crippen LogP contribution in [0, 0.1) is 35.2 Å². The number of benzene rings is 2. The summed E-state index contributed by atoms with van der Waals surface area (Å²) in [5.41, 5.74) is 2.04. The van der Waals surface area contributed by atoms with E-state index < -0.39 is 17.5 Å². The maximum atomic E-state index is 13.6. The third-order valence-electron chi connectivity index (χ3n) is 7.60. The second-order valence-electron chi connectivity index (χ2n) is 9.81. The molecule has 0 nitrogen and oxygen atoms in total. The van der Waals surface area contributed by atoms with Crippen LogP contribution >= 0.6 is 0 Å². The number of hydrogen-bond acceptors (Lipinski definition) is 0. The molecule has 0 amide bonds. The first kappa shape index (κ1) is 23.9. The fraction of sp³-hybridized carbons (Fsp3) is 0.571. The van der Waals surface area contributed by atoms with Crippen molar-refractivity contribution in [3.05, 3.63) is 71.0 Å². The Balaban J connectivity index is 1.47. The highest BCUT2D eigenvalue weighted by molar-refractivity contribution is 5.23. The molecule has 3 rings (SSSR count). The van der Waals surface area contributed by atoms with Gasteiger partial charge in [0.25, 0.3) is 0 Å². The summed E-state index contributed by atoms with van der Waals surface area (Å²) in [7, 11) is 0. The first-order chi connectivity index (χ1) is 14.9. The van der Waals surface area contributed by atoms with E-state index in [1.165, 1.54) is 43.4 Å². The highest BCUT2D eigenvalue weighted by Crippen LogP contribution is 2.42. The number of hydrogen-bond donors (Lipinski definition) is 0. The van der Waals surface area contributed by atoms with Crippen LogP contribution in [0.15, 0.2) is 42.5 Å². The number of halogens is 3. The van der Waals surface area contributed by atoms with Crippen molar-refractivity contribution in [1.29, 1.82) is 0 Å². The predicted molar refractivity (Wildman–Crippen MR) is 123 cm³/mol. The van der Waals surface area contributed by atoms with E-state index in [0.717, 1.165) is 31.6 Å². The topological polar surface area (TPSA) is 0 Å². The van der Waals surface area contributed by atoms with E-state index >= 15 is 0 Å². The predicted octanol–water partition coefficient (Wildman–Crippen LogP) is 9.01. The normalized spacial score (nSPS) is 22.1. The van der Waals surface area contributed by atoms with E-state index in [1.807, 2.05) is 0 Å². The molecule has 0 bridgehead atoms. The molecule has 0 saturated heterocycles. The Morgan fingerprint density at radius 1 is 0.871 bits per heavy atom. The van der Waals surface area contributed by atoms with Gasteiger partial charge in [0, 0.05) is 0 Å². The second-order valence-corrected chi connectivity index (χ2v) is 9.81. The molecule has 3 heteroatoms. The molecule has 2 aromatic carbocycles. The molecule has 170 valence electrons. The average molecular weight is 431 g/mol. The van der Waals surface area contributed by atoms with E-state index in [2.05, 4.69) is 51.1 Å². The summed E-state index contributed by atoms with van der Waals surface area (Å²) in [5.74, 6) is -0.658. The molecule has 0 heterocycles. The fourth-order valence-electron chi connectivity index (χ4n) is 5.65. The van der Waals surface area contributed by atoms with E-state index in [0.29, 0.717) is 23.3 Å². The summed E-state index contributed by atoms with van der Waals surface area (Å²) in [5, 5.41) is 0. The van der Waals surface area contributed by atoms with Crippen LogP contribution < -0.4 is 0 Å². The summed E-state index contributed by atoms with van der Waals surface area (Å²) in [6.07, 6.45) is 8.99. The minimum Gasteiger partial charge on any atom is -0.204 e. The van der Waals surface area contributed by atoms with Gasteiger partial charge in [0.1, 0.15) is 0 Å². The lowest BCUT2D eigenvalue weighted by molar-refractivity contribution is 0.204. The van der Waals surface area contributed by atoms with E-state index in [4.69, 9.17) is 0 Å². The van der Waals surface area contributed by atoms with Crippen molar-refractivity contribution in [2.45, 2.75) is 84.0 Å². The second kappa shape index (κ2) is 11.2. The SMILES string of the molecule is CCC(CCC(C)C[C@H](C)c1ccccc1)C1CCC(c2cc(F)c(F)c(F)c2)CC1. The molecule has 1 aliphatic carbocycles. The maximum absolute atomic E-state index is 13.6. The summed E-state index contributed by atoms with van der Waals surface area (Å²) in [6, 6.07) is 13.1. The standard InChI is InChI=1S/C28H37F3/c1-4-21(11-10-19(2)16-20(3)22-8-6-5-7-9-22)23-12-14-24(15-13-23)25-17-26(29)28(31)27(30)18-25/h5-9,17-21,23-24H,4,10-16H2,1-3H3/t19?,20-,21?,23?,24?/m0/s1. The zero-order valence-corrected chi connectivity index (χ0v) is 19.2. The lowest BCUT2D eigenvalue weighted by Gasteiger charge is -2.34. The molecule has 0 N–H and O–H groups in total. The Morgan fingerprint density at radius 3 is 2.06 bits per heavy atom. The first-order valence-corrected chi connectivity index (χ1v) is 12.1. The molecule has 0 aliphatic heterocycles. The van der Waals surface area contributed by atoms with Crippen LogP contribution in [0.3, 0.4) is 0 Å². The average Bonchev–Trinajstić information content (AvgIpc) is 2.78. The zero-order chi connectivity index (χ0) is 22.4. The van der Waals surface area contributed by atoms with E-state index in [1.54, 1.807) is 0 Å². The molecule has 3 atom stereocenters. The molecule has 0 aromatic heterocycles. The Morgan fingerprint density at radius 2 is 1.48 bits per heavy atom. The summed E-state index contributed by atoms with van der Waals surface area (Å²) >= 11 is 0. The van der Waals surface area contributed by atoms with Crippen LogP contribution in [-0.2, 0) is 0 Å². The summed E-state index contributed by atoms with van der Waals surface area (Å²) < 4.78 is 40.5. The highest BCUT2D eigenvalue weighted by Gasteiger charge is 2.28. The van der Waals surface area contributed by atoms with Crippen molar-refractivity contribution in [3.63, 3.8) is 0 Å². The first-order valence-electron chi connectivity index (χ1n) is 12.1. The van der Waals surface area contributed by atoms with Gasteiger partial charge in [-0.05, 0) is 91.4 Å². The molecular formula is C28H37F3. The zero-order valence-electron chi connectivity index (χ0n) is 19.2. The van der Waals surface area contributed by atoms with Crippen LogP contribution in [0.25, 0.3) is 0 Å². The largest absolute Gasteiger partial charge is 0.204 e. The van der Waals surface area contributed by atoms with E-state index in [9.17, 15) is 13.2 Å². The molecule has 31 heavy (non-hydrogen) atoms. The van der Waals surface area contributed by atoms with Gasteiger partial charge < -0.3 is 0 Å². The summed E-state index contributed by atoms with van der Waals surface area (Å²) in [6.45, 7) is 6.99. The van der Waals surface area contributed by atoms with Gasteiger partial charge in [0.2, 0.25) is 0 Å². The molecular weight excluding hydrogens is 393 g/mol. The summed E-state index contributed by atoms with van der Waals surface area (Å²) in [4.78, 5) is 0. The molecule has 0 spiro atoms. The van der Waals surface area contributed by atoms with Gasteiger partial charge in [-0.1, -0.05) is 63.9 Å². The van der Waals surface area contributed by atoms with Gasteiger partial charge in [-0.3, -0.25) is 0 Å². The Hall–Kier alpha value is -1.77. The molecule has 0 radical (unpaired) electrons. The Kier molecular flexibility index (Phi) is 8.63. The van der Waals surface area contributed by atoms with Crippen molar-refractivity contribution >= 4 is 0 Å². The van der Waals surface area contributed by atoms with Crippen LogP contribution in [0.2, 0.25) is 0 Å². The van der Waals surface area contributed by atoms with Gasteiger partial charge in [0.05, 0.1) is 0 Å². The van der Waals surface area contributed by atoms with Gasteiger partial charge in [-0.15, -0.1) is 0 Å². The van der Waals surface area contributed by atoms with Crippen LogP contribution in [0.4, 0.5) is 13.2 Å². The van der Waals surface area contributed by atoms with Gasteiger partial charge >= 0.3 is 0 Å². The minimum atomic E-state index is -1.36. The molecule has 1 aliphatic rings. The number of rotatable bonds is 9. The molecule has 1 saturated carbocycles. The Labute approximate surface area is 186 Å². The van der Waals surface area contributed by atoms with Crippen LogP contribution in [-0.4, -0.2) is 0 Å². The quantitative estimate of drug-likeness (QED) is 0.348. The monoisotopic (exact) mass is 430 g/mol. The van der Waals surface area contributed by atoms with Crippen molar-refractivity contribution in [2.24, 2.45) is 17.8 Å². The lowest BCUT2D eigenvalue weighted by Crippen LogP contribution is -2.21.